The number of anilines is 1. The quantitative estimate of drug-likeness (QED) is 0.859. The van der Waals surface area contributed by atoms with Crippen LogP contribution in [0.2, 0.25) is 5.02 Å². The molecule has 0 aliphatic rings. The van der Waals surface area contributed by atoms with Crippen molar-refractivity contribution in [1.29, 1.82) is 0 Å². The largest absolute Gasteiger partial charge is 0.388 e. The summed E-state index contributed by atoms with van der Waals surface area (Å²) in [7, 11) is 0. The van der Waals surface area contributed by atoms with Gasteiger partial charge in [-0.3, -0.25) is 0 Å². The van der Waals surface area contributed by atoms with E-state index in [4.69, 9.17) is 11.6 Å². The van der Waals surface area contributed by atoms with Gasteiger partial charge in [0.1, 0.15) is 0 Å². The van der Waals surface area contributed by atoms with E-state index in [0.29, 0.717) is 11.6 Å². The van der Waals surface area contributed by atoms with Gasteiger partial charge in [-0.05, 0) is 31.0 Å². The Morgan fingerprint density at radius 3 is 2.50 bits per heavy atom. The minimum Gasteiger partial charge on any atom is -0.388 e. The van der Waals surface area contributed by atoms with E-state index >= 15 is 0 Å². The Morgan fingerprint density at radius 2 is 2.00 bits per heavy atom. The standard InChI is InChI=1S/C12H17BrClNO/c1-3-12(16,4-2)8-15-11-6-5-9(13)7-10(11)14/h5-7,15-16H,3-4,8H2,1-2H3. The van der Waals surface area contributed by atoms with Gasteiger partial charge in [-0.15, -0.1) is 0 Å². The number of hydrogen-bond acceptors (Lipinski definition) is 2. The molecule has 0 aliphatic carbocycles. The van der Waals surface area contributed by atoms with Crippen molar-refractivity contribution in [2.45, 2.75) is 32.3 Å². The fourth-order valence-electron chi connectivity index (χ4n) is 1.39. The first kappa shape index (κ1) is 13.8. The Morgan fingerprint density at radius 1 is 1.38 bits per heavy atom. The molecular weight excluding hydrogens is 289 g/mol. The Balaban J connectivity index is 2.67. The maximum absolute atomic E-state index is 10.1. The zero-order valence-corrected chi connectivity index (χ0v) is 11.9. The zero-order valence-electron chi connectivity index (χ0n) is 9.56. The molecule has 0 unspecified atom stereocenters. The fraction of sp³-hybridized carbons (Fsp3) is 0.500. The van der Waals surface area contributed by atoms with Crippen LogP contribution in [0.25, 0.3) is 0 Å². The number of hydrogen-bond donors (Lipinski definition) is 2. The molecule has 0 saturated heterocycles. The van der Waals surface area contributed by atoms with Crippen molar-refractivity contribution in [2.75, 3.05) is 11.9 Å². The summed E-state index contributed by atoms with van der Waals surface area (Å²) in [6.45, 7) is 4.48. The van der Waals surface area contributed by atoms with Crippen LogP contribution >= 0.6 is 27.5 Å². The van der Waals surface area contributed by atoms with E-state index in [1.165, 1.54) is 0 Å². The Kier molecular flexibility index (Phi) is 5.09. The van der Waals surface area contributed by atoms with Gasteiger partial charge in [0, 0.05) is 11.0 Å². The van der Waals surface area contributed by atoms with Crippen molar-refractivity contribution in [3.63, 3.8) is 0 Å². The Hall–Kier alpha value is -0.250. The minimum absolute atomic E-state index is 0.515. The normalized spacial score (nSPS) is 11.6. The van der Waals surface area contributed by atoms with Crippen molar-refractivity contribution in [3.8, 4) is 0 Å². The average molecular weight is 307 g/mol. The van der Waals surface area contributed by atoms with Crippen LogP contribution in [0.5, 0.6) is 0 Å². The lowest BCUT2D eigenvalue weighted by Crippen LogP contribution is -2.35. The van der Waals surface area contributed by atoms with Crippen molar-refractivity contribution in [1.82, 2.24) is 0 Å². The second kappa shape index (κ2) is 5.89. The molecule has 1 aromatic rings. The lowest BCUT2D eigenvalue weighted by atomic mass is 9.97. The van der Waals surface area contributed by atoms with Crippen molar-refractivity contribution in [2.24, 2.45) is 0 Å². The molecule has 0 radical (unpaired) electrons. The Bertz CT molecular complexity index is 353. The number of nitrogens with one attached hydrogen (secondary N) is 1. The summed E-state index contributed by atoms with van der Waals surface area (Å²) in [4.78, 5) is 0. The van der Waals surface area contributed by atoms with E-state index < -0.39 is 5.60 Å². The minimum atomic E-state index is -0.656. The molecule has 16 heavy (non-hydrogen) atoms. The first-order chi connectivity index (χ1) is 7.50. The molecule has 0 bridgehead atoms. The van der Waals surface area contributed by atoms with Crippen LogP contribution in [0.4, 0.5) is 5.69 Å². The molecule has 0 aromatic heterocycles. The second-order valence-corrected chi connectivity index (χ2v) is 5.23. The average Bonchev–Trinajstić information content (AvgIpc) is 2.27. The number of rotatable bonds is 5. The van der Waals surface area contributed by atoms with Gasteiger partial charge < -0.3 is 10.4 Å². The van der Waals surface area contributed by atoms with E-state index in [1.54, 1.807) is 0 Å². The maximum Gasteiger partial charge on any atom is 0.0814 e. The van der Waals surface area contributed by atoms with Gasteiger partial charge in [0.05, 0.1) is 16.3 Å². The molecule has 4 heteroatoms. The van der Waals surface area contributed by atoms with Gasteiger partial charge in [-0.25, -0.2) is 0 Å². The summed E-state index contributed by atoms with van der Waals surface area (Å²) in [5, 5.41) is 14.0. The summed E-state index contributed by atoms with van der Waals surface area (Å²) in [5.41, 5.74) is 0.196. The topological polar surface area (TPSA) is 32.3 Å². The summed E-state index contributed by atoms with van der Waals surface area (Å²) in [6, 6.07) is 5.66. The molecule has 1 rings (SSSR count). The highest BCUT2D eigenvalue weighted by Gasteiger charge is 2.21. The van der Waals surface area contributed by atoms with Crippen LogP contribution in [0.1, 0.15) is 26.7 Å². The fourth-order valence-corrected chi connectivity index (χ4v) is 2.13. The SMILES string of the molecule is CCC(O)(CC)CNc1ccc(Br)cc1Cl. The summed E-state index contributed by atoms with van der Waals surface area (Å²) in [6.07, 6.45) is 1.45. The zero-order chi connectivity index (χ0) is 12.2. The molecule has 2 N–H and O–H groups in total. The smallest absolute Gasteiger partial charge is 0.0814 e. The summed E-state index contributed by atoms with van der Waals surface area (Å²) >= 11 is 9.42. The van der Waals surface area contributed by atoms with Gasteiger partial charge in [-0.2, -0.15) is 0 Å². The van der Waals surface area contributed by atoms with E-state index in [1.807, 2.05) is 32.0 Å². The van der Waals surface area contributed by atoms with E-state index in [2.05, 4.69) is 21.2 Å². The number of halogens is 2. The molecule has 0 spiro atoms. The molecule has 0 amide bonds. The van der Waals surface area contributed by atoms with Crippen LogP contribution in [0.15, 0.2) is 22.7 Å². The first-order valence-corrected chi connectivity index (χ1v) is 6.59. The molecule has 90 valence electrons. The summed E-state index contributed by atoms with van der Waals surface area (Å²) < 4.78 is 0.948. The third-order valence-corrected chi connectivity index (χ3v) is 3.66. The van der Waals surface area contributed by atoms with E-state index in [-0.39, 0.29) is 0 Å². The van der Waals surface area contributed by atoms with Crippen LogP contribution < -0.4 is 5.32 Å². The van der Waals surface area contributed by atoms with Gasteiger partial charge in [0.2, 0.25) is 0 Å². The van der Waals surface area contributed by atoms with Crippen LogP contribution in [0, 0.1) is 0 Å². The highest BCUT2D eigenvalue weighted by molar-refractivity contribution is 9.10. The molecule has 0 saturated carbocycles. The maximum atomic E-state index is 10.1. The van der Waals surface area contributed by atoms with Crippen LogP contribution in [-0.2, 0) is 0 Å². The summed E-state index contributed by atoms with van der Waals surface area (Å²) in [5.74, 6) is 0. The van der Waals surface area contributed by atoms with Crippen LogP contribution in [0.3, 0.4) is 0 Å². The highest BCUT2D eigenvalue weighted by atomic mass is 79.9. The molecule has 0 fully saturated rings. The van der Waals surface area contributed by atoms with Gasteiger partial charge >= 0.3 is 0 Å². The lowest BCUT2D eigenvalue weighted by molar-refractivity contribution is 0.0457. The monoisotopic (exact) mass is 305 g/mol. The predicted molar refractivity (Wildman–Crippen MR) is 73.2 cm³/mol. The Labute approximate surface area is 110 Å². The van der Waals surface area contributed by atoms with Crippen molar-refractivity contribution >= 4 is 33.2 Å². The lowest BCUT2D eigenvalue weighted by Gasteiger charge is -2.26. The molecule has 0 heterocycles. The molecule has 0 aliphatic heterocycles. The third kappa shape index (κ3) is 3.65. The van der Waals surface area contributed by atoms with Gasteiger partial charge in [0.15, 0.2) is 0 Å². The van der Waals surface area contributed by atoms with Gasteiger partial charge in [0.25, 0.3) is 0 Å². The highest BCUT2D eigenvalue weighted by Crippen LogP contribution is 2.26. The van der Waals surface area contributed by atoms with Crippen molar-refractivity contribution in [3.05, 3.63) is 27.7 Å². The van der Waals surface area contributed by atoms with Crippen LogP contribution in [-0.4, -0.2) is 17.3 Å². The van der Waals surface area contributed by atoms with Crippen molar-refractivity contribution < 1.29 is 5.11 Å². The van der Waals surface area contributed by atoms with E-state index in [0.717, 1.165) is 23.0 Å². The molecule has 0 atom stereocenters. The van der Waals surface area contributed by atoms with E-state index in [9.17, 15) is 5.11 Å². The van der Waals surface area contributed by atoms with Gasteiger partial charge in [-0.1, -0.05) is 41.4 Å². The molecular formula is C12H17BrClNO. The first-order valence-electron chi connectivity index (χ1n) is 5.42. The third-order valence-electron chi connectivity index (χ3n) is 2.86. The molecule has 1 aromatic carbocycles. The number of benzene rings is 1. The predicted octanol–water partition coefficient (Wildman–Crippen LogP) is 4.07. The second-order valence-electron chi connectivity index (χ2n) is 3.91. The molecule has 2 nitrogen and oxygen atoms in total. The number of aliphatic hydroxyl groups is 1.